The standard InChI is InChI=1S/C16H17ClN2O2/c1-11-7-8-13(17)10-14(11)15(18-2)9-12-5-3-4-6-16(12)19(20)21/h3-8,10,15,18H,9H2,1-2H3. The second kappa shape index (κ2) is 6.70. The number of benzene rings is 2. The van der Waals surface area contributed by atoms with E-state index in [2.05, 4.69) is 5.32 Å². The van der Waals surface area contributed by atoms with Crippen LogP contribution in [0.2, 0.25) is 5.02 Å². The third-order valence-electron chi connectivity index (χ3n) is 3.58. The molecule has 2 aromatic rings. The van der Waals surface area contributed by atoms with Gasteiger partial charge in [0, 0.05) is 22.7 Å². The van der Waals surface area contributed by atoms with Crippen molar-refractivity contribution in [3.8, 4) is 0 Å². The Bertz CT molecular complexity index is 658. The van der Waals surface area contributed by atoms with E-state index in [0.29, 0.717) is 17.0 Å². The first-order chi connectivity index (χ1) is 10.0. The summed E-state index contributed by atoms with van der Waals surface area (Å²) in [7, 11) is 1.85. The molecule has 1 N–H and O–H groups in total. The molecule has 0 saturated heterocycles. The molecule has 0 bridgehead atoms. The summed E-state index contributed by atoms with van der Waals surface area (Å²) in [6, 6.07) is 12.5. The summed E-state index contributed by atoms with van der Waals surface area (Å²) in [4.78, 5) is 10.8. The average molecular weight is 305 g/mol. The molecule has 0 saturated carbocycles. The minimum Gasteiger partial charge on any atom is -0.313 e. The van der Waals surface area contributed by atoms with Crippen molar-refractivity contribution < 1.29 is 4.92 Å². The maximum atomic E-state index is 11.1. The van der Waals surface area contributed by atoms with Gasteiger partial charge in [-0.25, -0.2) is 0 Å². The Kier molecular flexibility index (Phi) is 4.94. The zero-order valence-corrected chi connectivity index (χ0v) is 12.7. The number of hydrogen-bond acceptors (Lipinski definition) is 3. The van der Waals surface area contributed by atoms with Crippen LogP contribution < -0.4 is 5.32 Å². The van der Waals surface area contributed by atoms with Crippen LogP contribution in [0, 0.1) is 17.0 Å². The number of para-hydroxylation sites is 1. The van der Waals surface area contributed by atoms with Crippen LogP contribution in [0.3, 0.4) is 0 Å². The summed E-state index contributed by atoms with van der Waals surface area (Å²) < 4.78 is 0. The number of aryl methyl sites for hydroxylation is 1. The van der Waals surface area contributed by atoms with Crippen LogP contribution in [0.25, 0.3) is 0 Å². The highest BCUT2D eigenvalue weighted by molar-refractivity contribution is 6.30. The highest BCUT2D eigenvalue weighted by atomic mass is 35.5. The summed E-state index contributed by atoms with van der Waals surface area (Å²) >= 11 is 6.07. The van der Waals surface area contributed by atoms with Crippen LogP contribution >= 0.6 is 11.6 Å². The lowest BCUT2D eigenvalue weighted by Gasteiger charge is -2.19. The monoisotopic (exact) mass is 304 g/mol. The van der Waals surface area contributed by atoms with E-state index in [1.165, 1.54) is 6.07 Å². The predicted octanol–water partition coefficient (Wildman–Crippen LogP) is 4.06. The van der Waals surface area contributed by atoms with Crippen LogP contribution in [-0.2, 0) is 6.42 Å². The van der Waals surface area contributed by atoms with Crippen molar-refractivity contribution in [1.29, 1.82) is 0 Å². The first-order valence-corrected chi connectivity index (χ1v) is 7.06. The van der Waals surface area contributed by atoms with E-state index in [1.807, 2.05) is 38.2 Å². The van der Waals surface area contributed by atoms with E-state index in [1.54, 1.807) is 12.1 Å². The largest absolute Gasteiger partial charge is 0.313 e. The van der Waals surface area contributed by atoms with E-state index >= 15 is 0 Å². The third kappa shape index (κ3) is 3.60. The molecule has 5 heteroatoms. The Morgan fingerprint density at radius 3 is 2.67 bits per heavy atom. The number of nitro benzene ring substituents is 1. The van der Waals surface area contributed by atoms with Crippen molar-refractivity contribution in [3.63, 3.8) is 0 Å². The van der Waals surface area contributed by atoms with Gasteiger partial charge >= 0.3 is 0 Å². The van der Waals surface area contributed by atoms with Crippen molar-refractivity contribution in [3.05, 3.63) is 74.3 Å². The summed E-state index contributed by atoms with van der Waals surface area (Å²) in [6.07, 6.45) is 0.537. The van der Waals surface area contributed by atoms with E-state index < -0.39 is 0 Å². The maximum Gasteiger partial charge on any atom is 0.272 e. The van der Waals surface area contributed by atoms with Gasteiger partial charge in [-0.3, -0.25) is 10.1 Å². The number of hydrogen-bond donors (Lipinski definition) is 1. The number of halogens is 1. The molecule has 1 unspecified atom stereocenters. The van der Waals surface area contributed by atoms with Gasteiger partial charge in [0.2, 0.25) is 0 Å². The molecule has 110 valence electrons. The molecule has 0 heterocycles. The van der Waals surface area contributed by atoms with Gasteiger partial charge in [0.25, 0.3) is 5.69 Å². The van der Waals surface area contributed by atoms with E-state index in [0.717, 1.165) is 11.1 Å². The molecular weight excluding hydrogens is 288 g/mol. The smallest absolute Gasteiger partial charge is 0.272 e. The fraction of sp³-hybridized carbons (Fsp3) is 0.250. The predicted molar refractivity (Wildman–Crippen MR) is 84.8 cm³/mol. The van der Waals surface area contributed by atoms with Gasteiger partial charge in [-0.05, 0) is 43.7 Å². The van der Waals surface area contributed by atoms with Crippen molar-refractivity contribution in [2.75, 3.05) is 7.05 Å². The molecule has 21 heavy (non-hydrogen) atoms. The number of nitro groups is 1. The minimum absolute atomic E-state index is 0.0233. The van der Waals surface area contributed by atoms with Gasteiger partial charge in [0.1, 0.15) is 0 Å². The molecule has 0 spiro atoms. The average Bonchev–Trinajstić information content (AvgIpc) is 2.47. The number of rotatable bonds is 5. The quantitative estimate of drug-likeness (QED) is 0.669. The Morgan fingerprint density at radius 2 is 2.00 bits per heavy atom. The molecule has 2 rings (SSSR count). The van der Waals surface area contributed by atoms with Gasteiger partial charge in [-0.1, -0.05) is 35.9 Å². The second-order valence-corrected chi connectivity index (χ2v) is 5.37. The zero-order valence-electron chi connectivity index (χ0n) is 12.0. The van der Waals surface area contributed by atoms with Crippen LogP contribution in [0.5, 0.6) is 0 Å². The van der Waals surface area contributed by atoms with Gasteiger partial charge in [0.15, 0.2) is 0 Å². The van der Waals surface area contributed by atoms with Crippen molar-refractivity contribution in [2.24, 2.45) is 0 Å². The van der Waals surface area contributed by atoms with Gasteiger partial charge < -0.3 is 5.32 Å². The summed E-state index contributed by atoms with van der Waals surface area (Å²) in [5.41, 5.74) is 3.03. The Hall–Kier alpha value is -1.91. The summed E-state index contributed by atoms with van der Waals surface area (Å²) in [6.45, 7) is 2.01. The van der Waals surface area contributed by atoms with Crippen LogP contribution in [0.15, 0.2) is 42.5 Å². The molecule has 0 amide bonds. The van der Waals surface area contributed by atoms with E-state index in [4.69, 9.17) is 11.6 Å². The first-order valence-electron chi connectivity index (χ1n) is 6.68. The SMILES string of the molecule is CNC(Cc1ccccc1[N+](=O)[O-])c1cc(Cl)ccc1C. The summed E-state index contributed by atoms with van der Waals surface area (Å²) in [5.74, 6) is 0. The molecule has 1 atom stereocenters. The molecule has 4 nitrogen and oxygen atoms in total. The minimum atomic E-state index is -0.340. The Morgan fingerprint density at radius 1 is 1.29 bits per heavy atom. The molecule has 0 aliphatic heterocycles. The fourth-order valence-electron chi connectivity index (χ4n) is 2.44. The highest BCUT2D eigenvalue weighted by Gasteiger charge is 2.19. The lowest BCUT2D eigenvalue weighted by Crippen LogP contribution is -2.20. The summed E-state index contributed by atoms with van der Waals surface area (Å²) in [5, 5.41) is 15.0. The van der Waals surface area contributed by atoms with Crippen molar-refractivity contribution in [1.82, 2.24) is 5.32 Å². The maximum absolute atomic E-state index is 11.1. The zero-order chi connectivity index (χ0) is 15.4. The third-order valence-corrected chi connectivity index (χ3v) is 3.81. The van der Waals surface area contributed by atoms with Gasteiger partial charge in [-0.15, -0.1) is 0 Å². The van der Waals surface area contributed by atoms with Crippen molar-refractivity contribution in [2.45, 2.75) is 19.4 Å². The van der Waals surface area contributed by atoms with Crippen LogP contribution in [-0.4, -0.2) is 12.0 Å². The topological polar surface area (TPSA) is 55.2 Å². The molecular formula is C16H17ClN2O2. The van der Waals surface area contributed by atoms with E-state index in [9.17, 15) is 10.1 Å². The number of nitrogens with one attached hydrogen (secondary N) is 1. The molecule has 0 aliphatic carbocycles. The Balaban J connectivity index is 2.36. The number of nitrogens with zero attached hydrogens (tertiary/aromatic N) is 1. The fourth-order valence-corrected chi connectivity index (χ4v) is 2.62. The second-order valence-electron chi connectivity index (χ2n) is 4.93. The van der Waals surface area contributed by atoms with E-state index in [-0.39, 0.29) is 16.7 Å². The number of likely N-dealkylation sites (N-methyl/N-ethyl adjacent to an activating group) is 1. The molecule has 0 fully saturated rings. The van der Waals surface area contributed by atoms with Crippen LogP contribution in [0.1, 0.15) is 22.7 Å². The molecule has 0 aromatic heterocycles. The van der Waals surface area contributed by atoms with Gasteiger partial charge in [-0.2, -0.15) is 0 Å². The van der Waals surface area contributed by atoms with Gasteiger partial charge in [0.05, 0.1) is 4.92 Å². The Labute approximate surface area is 128 Å². The highest BCUT2D eigenvalue weighted by Crippen LogP contribution is 2.28. The lowest BCUT2D eigenvalue weighted by molar-refractivity contribution is -0.385. The normalized spacial score (nSPS) is 12.1. The molecule has 0 radical (unpaired) electrons. The molecule has 2 aromatic carbocycles. The molecule has 0 aliphatic rings. The van der Waals surface area contributed by atoms with Crippen molar-refractivity contribution >= 4 is 17.3 Å². The van der Waals surface area contributed by atoms with Crippen LogP contribution in [0.4, 0.5) is 5.69 Å². The lowest BCUT2D eigenvalue weighted by atomic mass is 9.95. The first kappa shape index (κ1) is 15.5.